The zero-order valence-corrected chi connectivity index (χ0v) is 27.7. The Balaban J connectivity index is 1.72. The molecule has 0 spiro atoms. The van der Waals surface area contributed by atoms with Crippen LogP contribution in [0.25, 0.3) is 10.7 Å². The Morgan fingerprint density at radius 3 is 2.40 bits per heavy atom. The van der Waals surface area contributed by atoms with Gasteiger partial charge in [0.25, 0.3) is 5.91 Å². The van der Waals surface area contributed by atoms with E-state index in [0.29, 0.717) is 46.8 Å². The van der Waals surface area contributed by atoms with Crippen LogP contribution in [-0.2, 0) is 31.6 Å². The highest BCUT2D eigenvalue weighted by Crippen LogP contribution is 2.25. The highest BCUT2D eigenvalue weighted by atomic mass is 32.2. The van der Waals surface area contributed by atoms with E-state index in [-0.39, 0.29) is 18.4 Å². The Morgan fingerprint density at radius 1 is 1.02 bits per heavy atom. The summed E-state index contributed by atoms with van der Waals surface area (Å²) in [5, 5.41) is 26.2. The van der Waals surface area contributed by atoms with E-state index in [1.165, 1.54) is 29.6 Å². The summed E-state index contributed by atoms with van der Waals surface area (Å²) in [6.07, 6.45) is 3.91. The van der Waals surface area contributed by atoms with E-state index in [2.05, 4.69) is 43.7 Å². The topological polar surface area (TPSA) is 172 Å². The molecule has 0 radical (unpaired) electrons. The Bertz CT molecular complexity index is 1200. The maximum atomic E-state index is 12.4. The van der Waals surface area contributed by atoms with Crippen LogP contribution in [0.2, 0.25) is 0 Å². The van der Waals surface area contributed by atoms with Crippen LogP contribution >= 0.6 is 22.7 Å². The number of nitrogens with zero attached hydrogens (tertiary/aromatic N) is 2. The molecule has 2 aromatic heterocycles. The third-order valence-electron chi connectivity index (χ3n) is 5.79. The van der Waals surface area contributed by atoms with Crippen LogP contribution in [-0.4, -0.2) is 94.5 Å². The molecule has 0 aliphatic rings. The Labute approximate surface area is 258 Å². The van der Waals surface area contributed by atoms with Crippen molar-refractivity contribution < 1.29 is 29.0 Å². The molecule has 0 aliphatic carbocycles. The second-order valence-electron chi connectivity index (χ2n) is 11.0. The molecule has 15 heteroatoms. The quantitative estimate of drug-likeness (QED) is 0.145. The van der Waals surface area contributed by atoms with Crippen LogP contribution in [0.5, 0.6) is 0 Å². The second-order valence-corrected chi connectivity index (χ2v) is 15.2. The maximum Gasteiger partial charge on any atom is 0.407 e. The van der Waals surface area contributed by atoms with Gasteiger partial charge in [0, 0.05) is 36.7 Å². The van der Waals surface area contributed by atoms with E-state index in [0.717, 1.165) is 17.2 Å². The lowest BCUT2D eigenvalue weighted by molar-refractivity contribution is -0.131. The van der Waals surface area contributed by atoms with Gasteiger partial charge in [-0.25, -0.2) is 14.8 Å². The summed E-state index contributed by atoms with van der Waals surface area (Å²) < 4.78 is 5.17. The summed E-state index contributed by atoms with van der Waals surface area (Å²) in [6.45, 7) is 8.93. The number of thiazole rings is 2. The summed E-state index contributed by atoms with van der Waals surface area (Å²) in [5.74, 6) is -0.887. The van der Waals surface area contributed by atoms with Gasteiger partial charge in [-0.05, 0) is 38.6 Å². The first-order valence-corrected chi connectivity index (χ1v) is 17.6. The molecule has 234 valence electrons. The monoisotopic (exact) mass is 643 g/mol. The van der Waals surface area contributed by atoms with Crippen LogP contribution in [0.3, 0.4) is 0 Å². The lowest BCUT2D eigenvalue weighted by Crippen LogP contribution is -2.50. The molecule has 2 aromatic rings. The largest absolute Gasteiger partial charge is 0.444 e. The number of aliphatic hydroxyl groups excluding tert-OH is 1. The third-order valence-corrected chi connectivity index (χ3v) is 8.67. The van der Waals surface area contributed by atoms with Gasteiger partial charge < -0.3 is 31.1 Å². The van der Waals surface area contributed by atoms with Crippen molar-refractivity contribution in [1.82, 2.24) is 31.2 Å². The molecular formula is C27H43N6O6S3+. The maximum absolute atomic E-state index is 12.4. The molecule has 0 bridgehead atoms. The van der Waals surface area contributed by atoms with Crippen molar-refractivity contribution in [2.75, 3.05) is 37.9 Å². The van der Waals surface area contributed by atoms with Gasteiger partial charge in [0.05, 0.1) is 42.1 Å². The fourth-order valence-corrected chi connectivity index (χ4v) is 5.88. The first-order chi connectivity index (χ1) is 19.7. The molecule has 5 N–H and O–H groups in total. The number of alkyl carbamates (subject to hydrolysis) is 1. The second kappa shape index (κ2) is 16.8. The average Bonchev–Trinajstić information content (AvgIpc) is 3.57. The van der Waals surface area contributed by atoms with E-state index < -0.39 is 35.7 Å². The van der Waals surface area contributed by atoms with E-state index in [1.54, 1.807) is 33.1 Å². The van der Waals surface area contributed by atoms with Crippen LogP contribution in [0.15, 0.2) is 10.8 Å². The molecule has 0 unspecified atom stereocenters. The number of hydrogen-bond donors (Lipinski definition) is 5. The molecule has 12 nitrogen and oxygen atoms in total. The van der Waals surface area contributed by atoms with Gasteiger partial charge in [0.2, 0.25) is 11.8 Å². The average molecular weight is 644 g/mol. The smallest absolute Gasteiger partial charge is 0.407 e. The zero-order chi connectivity index (χ0) is 31.4. The Hall–Kier alpha value is -2.75. The Morgan fingerprint density at radius 2 is 1.74 bits per heavy atom. The molecule has 0 aromatic carbocycles. The van der Waals surface area contributed by atoms with Gasteiger partial charge in [0.1, 0.15) is 27.7 Å². The lowest BCUT2D eigenvalue weighted by Gasteiger charge is -2.27. The predicted molar refractivity (Wildman–Crippen MR) is 168 cm³/mol. The molecule has 0 saturated heterocycles. The van der Waals surface area contributed by atoms with E-state index in [9.17, 15) is 24.3 Å². The fourth-order valence-electron chi connectivity index (χ4n) is 3.54. The molecule has 3 atom stereocenters. The number of aliphatic hydroxyl groups is 1. The van der Waals surface area contributed by atoms with Crippen LogP contribution < -0.4 is 21.3 Å². The molecule has 4 amide bonds. The summed E-state index contributed by atoms with van der Waals surface area (Å²) >= 11 is 2.79. The molecule has 0 saturated carbocycles. The SMILES string of the molecule is C[C@H](C(=O)NCC(=O)NCCc1nc(-c2nc(C(=O)NCCC[S+](C)C)cs2)cs1)[C@H](O)[C@@H](C)NC(=O)OC(C)(C)C. The molecule has 2 rings (SSSR count). The van der Waals surface area contributed by atoms with Crippen molar-refractivity contribution in [3.05, 3.63) is 21.5 Å². The third kappa shape index (κ3) is 12.6. The van der Waals surface area contributed by atoms with E-state index in [4.69, 9.17) is 4.74 Å². The highest BCUT2D eigenvalue weighted by Gasteiger charge is 2.29. The lowest BCUT2D eigenvalue weighted by atomic mass is 9.98. The number of hydrogen-bond acceptors (Lipinski definition) is 10. The Kier molecular flexibility index (Phi) is 14.2. The van der Waals surface area contributed by atoms with Crippen molar-refractivity contribution in [3.8, 4) is 10.7 Å². The van der Waals surface area contributed by atoms with Crippen LogP contribution in [0, 0.1) is 5.92 Å². The number of amides is 4. The molecule has 0 fully saturated rings. The van der Waals surface area contributed by atoms with Gasteiger partial charge in [-0.15, -0.1) is 22.7 Å². The van der Waals surface area contributed by atoms with Gasteiger partial charge in [0.15, 0.2) is 0 Å². The summed E-state index contributed by atoms with van der Waals surface area (Å²) in [7, 11) is 0.355. The molecule has 0 aliphatic heterocycles. The van der Waals surface area contributed by atoms with E-state index >= 15 is 0 Å². The van der Waals surface area contributed by atoms with Crippen molar-refractivity contribution in [1.29, 1.82) is 0 Å². The van der Waals surface area contributed by atoms with Gasteiger partial charge in [-0.1, -0.05) is 6.92 Å². The zero-order valence-electron chi connectivity index (χ0n) is 25.2. The van der Waals surface area contributed by atoms with E-state index in [1.807, 2.05) is 5.38 Å². The minimum absolute atomic E-state index is 0.189. The van der Waals surface area contributed by atoms with Gasteiger partial charge in [-0.3, -0.25) is 14.4 Å². The molecule has 2 heterocycles. The van der Waals surface area contributed by atoms with Crippen molar-refractivity contribution in [2.24, 2.45) is 5.92 Å². The predicted octanol–water partition coefficient (Wildman–Crippen LogP) is 1.95. The van der Waals surface area contributed by atoms with Crippen LogP contribution in [0.1, 0.15) is 56.5 Å². The fraction of sp³-hybridized carbons (Fsp3) is 0.630. The van der Waals surface area contributed by atoms with Gasteiger partial charge in [-0.2, -0.15) is 0 Å². The number of rotatable bonds is 15. The van der Waals surface area contributed by atoms with Crippen molar-refractivity contribution in [3.63, 3.8) is 0 Å². The number of carbonyl (C=O) groups is 4. The summed E-state index contributed by atoms with van der Waals surface area (Å²) in [4.78, 5) is 57.9. The summed E-state index contributed by atoms with van der Waals surface area (Å²) in [6, 6.07) is -0.745. The minimum atomic E-state index is -1.18. The number of ether oxygens (including phenoxy) is 1. The highest BCUT2D eigenvalue weighted by molar-refractivity contribution is 7.95. The summed E-state index contributed by atoms with van der Waals surface area (Å²) in [5.41, 5.74) is 0.368. The standard InChI is InChI=1S/C27H42N6O6S3/c1-16(22(35)17(2)31-26(38)39-27(3,4)5)23(36)30-13-20(34)28-11-9-21-32-19(15-40-21)25-33-18(14-41-25)24(37)29-10-8-12-42(6)7/h14-17,22,35H,8-13H2,1-7H3,(H3-,28,29,30,31,34,36,37,38)/p+1/t16-,17+,22-/m0/s1. The van der Waals surface area contributed by atoms with Crippen molar-refractivity contribution >= 4 is 57.4 Å². The van der Waals surface area contributed by atoms with Crippen molar-refractivity contribution in [2.45, 2.75) is 65.2 Å². The molecular weight excluding hydrogens is 601 g/mol. The van der Waals surface area contributed by atoms with Gasteiger partial charge >= 0.3 is 6.09 Å². The number of carbonyl (C=O) groups excluding carboxylic acids is 4. The normalized spacial score (nSPS) is 13.6. The first-order valence-electron chi connectivity index (χ1n) is 13.6. The number of aromatic nitrogens is 2. The molecule has 42 heavy (non-hydrogen) atoms. The first kappa shape index (κ1) is 35.4. The minimum Gasteiger partial charge on any atom is -0.444 e. The van der Waals surface area contributed by atoms with Crippen LogP contribution in [0.4, 0.5) is 4.79 Å². The number of nitrogens with one attached hydrogen (secondary N) is 4.